The summed E-state index contributed by atoms with van der Waals surface area (Å²) in [5.41, 5.74) is 10.8. The molecule has 0 radical (unpaired) electrons. The van der Waals surface area contributed by atoms with Gasteiger partial charge < -0.3 is 11.5 Å². The number of halogens is 2. The molecular weight excluding hydrogens is 267 g/mol. The molecule has 0 saturated heterocycles. The highest BCUT2D eigenvalue weighted by molar-refractivity contribution is 6.32. The van der Waals surface area contributed by atoms with E-state index in [4.69, 9.17) is 34.7 Å². The van der Waals surface area contributed by atoms with Crippen LogP contribution in [-0.2, 0) is 0 Å². The average Bonchev–Trinajstić information content (AvgIpc) is 2.15. The lowest BCUT2D eigenvalue weighted by atomic mass is 9.55. The predicted octanol–water partition coefficient (Wildman–Crippen LogP) is 4.08. The molecule has 0 aliphatic rings. The van der Waals surface area contributed by atoms with Gasteiger partial charge in [0, 0.05) is 5.41 Å². The van der Waals surface area contributed by atoms with E-state index in [1.165, 1.54) is 0 Å². The fourth-order valence-corrected chi connectivity index (χ4v) is 3.04. The van der Waals surface area contributed by atoms with Crippen molar-refractivity contribution in [1.82, 2.24) is 0 Å². The van der Waals surface area contributed by atoms with E-state index in [0.29, 0.717) is 0 Å². The largest absolute Gasteiger partial charge is 0.313 e. The molecule has 0 saturated carbocycles. The minimum Gasteiger partial charge on any atom is -0.313 e. The van der Waals surface area contributed by atoms with Gasteiger partial charge in [0.05, 0.1) is 15.9 Å². The lowest BCUT2D eigenvalue weighted by Gasteiger charge is -2.57. The van der Waals surface area contributed by atoms with Crippen molar-refractivity contribution >= 4 is 23.2 Å². The summed E-state index contributed by atoms with van der Waals surface area (Å²) >= 11 is 13.3. The molecule has 0 heterocycles. The first kappa shape index (κ1) is 18.5. The second kappa shape index (κ2) is 5.47. The normalized spacial score (nSPS) is 19.5. The van der Waals surface area contributed by atoms with Crippen LogP contribution in [0, 0.1) is 10.8 Å². The van der Waals surface area contributed by atoms with Gasteiger partial charge in [0.2, 0.25) is 0 Å². The van der Waals surface area contributed by atoms with E-state index < -0.39 is 10.5 Å². The van der Waals surface area contributed by atoms with Gasteiger partial charge in [-0.25, -0.2) is 0 Å². The van der Waals surface area contributed by atoms with Crippen LogP contribution in [0.4, 0.5) is 0 Å². The maximum atomic E-state index is 6.80. The van der Waals surface area contributed by atoms with Crippen LogP contribution in [0.1, 0.15) is 61.3 Å². The van der Waals surface area contributed by atoms with Crippen LogP contribution in [0.2, 0.25) is 0 Å². The Labute approximate surface area is 123 Å². The summed E-state index contributed by atoms with van der Waals surface area (Å²) in [5.74, 6) is 0. The fraction of sp³-hybridized carbons (Fsp3) is 1.00. The Morgan fingerprint density at radius 2 is 1.33 bits per heavy atom. The summed E-state index contributed by atoms with van der Waals surface area (Å²) < 4.78 is 0. The molecule has 2 nitrogen and oxygen atoms in total. The summed E-state index contributed by atoms with van der Waals surface area (Å²) in [6, 6.07) is 0. The third-order valence-corrected chi connectivity index (χ3v) is 6.76. The van der Waals surface area contributed by atoms with Gasteiger partial charge in [-0.3, -0.25) is 0 Å². The van der Waals surface area contributed by atoms with Crippen molar-refractivity contribution in [3.8, 4) is 0 Å². The Morgan fingerprint density at radius 1 is 0.944 bits per heavy atom. The van der Waals surface area contributed by atoms with Crippen molar-refractivity contribution in [2.24, 2.45) is 22.3 Å². The topological polar surface area (TPSA) is 52.0 Å². The average molecular weight is 297 g/mol. The van der Waals surface area contributed by atoms with Crippen molar-refractivity contribution in [3.05, 3.63) is 0 Å². The molecule has 110 valence electrons. The Morgan fingerprint density at radius 3 is 1.61 bits per heavy atom. The van der Waals surface area contributed by atoms with Gasteiger partial charge in [-0.1, -0.05) is 41.0 Å². The summed E-state index contributed by atoms with van der Waals surface area (Å²) in [4.78, 5) is -0.575. The predicted molar refractivity (Wildman–Crippen MR) is 83.1 cm³/mol. The first-order valence-corrected chi connectivity index (χ1v) is 7.45. The number of rotatable bonds is 6. The molecule has 0 aromatic heterocycles. The maximum absolute atomic E-state index is 6.80. The Balaban J connectivity index is 5.49. The monoisotopic (exact) mass is 296 g/mol. The highest BCUT2D eigenvalue weighted by Crippen LogP contribution is 2.55. The van der Waals surface area contributed by atoms with Crippen LogP contribution in [-0.4, -0.2) is 15.9 Å². The molecular formula is C14H30Cl2N2. The van der Waals surface area contributed by atoms with Crippen LogP contribution < -0.4 is 11.5 Å². The minimum absolute atomic E-state index is 0.110. The van der Waals surface area contributed by atoms with Gasteiger partial charge in [0.1, 0.15) is 0 Å². The lowest BCUT2D eigenvalue weighted by molar-refractivity contribution is -0.00398. The molecule has 0 rings (SSSR count). The van der Waals surface area contributed by atoms with Crippen LogP contribution in [0.15, 0.2) is 0 Å². The standard InChI is InChI=1S/C14H30Cl2N2/c1-8-9-10(15)13(6,16)11(2,3)12(4,5)14(7,17)18/h10H,8-9,17-18H2,1-7H3. The van der Waals surface area contributed by atoms with Crippen molar-refractivity contribution in [2.45, 2.75) is 77.2 Å². The van der Waals surface area contributed by atoms with E-state index in [2.05, 4.69) is 34.6 Å². The number of alkyl halides is 2. The molecule has 0 aromatic rings. The van der Waals surface area contributed by atoms with Crippen molar-refractivity contribution in [1.29, 1.82) is 0 Å². The molecule has 0 bridgehead atoms. The zero-order chi connectivity index (χ0) is 15.0. The highest BCUT2D eigenvalue weighted by atomic mass is 35.5. The molecule has 2 unspecified atom stereocenters. The molecule has 18 heavy (non-hydrogen) atoms. The smallest absolute Gasteiger partial charge is 0.0665 e. The number of hydrogen-bond acceptors (Lipinski definition) is 2. The summed E-state index contributed by atoms with van der Waals surface area (Å²) in [7, 11) is 0. The number of hydrogen-bond donors (Lipinski definition) is 2. The fourth-order valence-electron chi connectivity index (χ4n) is 2.20. The van der Waals surface area contributed by atoms with E-state index in [9.17, 15) is 0 Å². The Hall–Kier alpha value is 0.500. The third kappa shape index (κ3) is 2.98. The van der Waals surface area contributed by atoms with Crippen LogP contribution in [0.5, 0.6) is 0 Å². The second-order valence-electron chi connectivity index (χ2n) is 6.86. The van der Waals surface area contributed by atoms with E-state index in [-0.39, 0.29) is 16.2 Å². The van der Waals surface area contributed by atoms with Gasteiger partial charge in [-0.2, -0.15) is 0 Å². The van der Waals surface area contributed by atoms with Gasteiger partial charge in [-0.05, 0) is 25.7 Å². The van der Waals surface area contributed by atoms with Gasteiger partial charge in [0.25, 0.3) is 0 Å². The Kier molecular flexibility index (Phi) is 5.63. The summed E-state index contributed by atoms with van der Waals surface area (Å²) in [6.07, 6.45) is 1.89. The number of nitrogens with two attached hydrogens (primary N) is 2. The van der Waals surface area contributed by atoms with Crippen molar-refractivity contribution in [3.63, 3.8) is 0 Å². The zero-order valence-electron chi connectivity index (χ0n) is 12.9. The van der Waals surface area contributed by atoms with Crippen LogP contribution >= 0.6 is 23.2 Å². The van der Waals surface area contributed by atoms with Crippen LogP contribution in [0.3, 0.4) is 0 Å². The van der Waals surface area contributed by atoms with Gasteiger partial charge >= 0.3 is 0 Å². The van der Waals surface area contributed by atoms with Crippen molar-refractivity contribution in [2.75, 3.05) is 0 Å². The molecule has 0 fully saturated rings. The van der Waals surface area contributed by atoms with Gasteiger partial charge in [-0.15, -0.1) is 23.2 Å². The molecule has 0 aromatic carbocycles. The zero-order valence-corrected chi connectivity index (χ0v) is 14.4. The summed E-state index contributed by atoms with van der Waals surface area (Å²) in [6.45, 7) is 14.3. The highest BCUT2D eigenvalue weighted by Gasteiger charge is 2.57. The van der Waals surface area contributed by atoms with Crippen molar-refractivity contribution < 1.29 is 0 Å². The molecule has 2 atom stereocenters. The minimum atomic E-state index is -0.824. The molecule has 4 N–H and O–H groups in total. The molecule has 0 aliphatic heterocycles. The van der Waals surface area contributed by atoms with E-state index in [0.717, 1.165) is 12.8 Å². The Bertz CT molecular complexity index is 278. The summed E-state index contributed by atoms with van der Waals surface area (Å²) in [5, 5.41) is -0.110. The molecule has 0 aliphatic carbocycles. The third-order valence-electron chi connectivity index (χ3n) is 5.26. The molecule has 4 heteroatoms. The second-order valence-corrected chi connectivity index (χ2v) is 8.18. The van der Waals surface area contributed by atoms with Crippen LogP contribution in [0.25, 0.3) is 0 Å². The van der Waals surface area contributed by atoms with E-state index >= 15 is 0 Å². The quantitative estimate of drug-likeness (QED) is 0.573. The van der Waals surface area contributed by atoms with E-state index in [1.807, 2.05) is 13.8 Å². The van der Waals surface area contributed by atoms with Gasteiger partial charge in [0.15, 0.2) is 0 Å². The first-order chi connectivity index (χ1) is 7.73. The molecule has 0 spiro atoms. The van der Waals surface area contributed by atoms with E-state index in [1.54, 1.807) is 0 Å². The molecule has 0 amide bonds. The SMILES string of the molecule is CCCC(Cl)C(C)(Cl)C(C)(C)C(C)(C)C(C)(N)N. The lowest BCUT2D eigenvalue weighted by Crippen LogP contribution is -2.67. The first-order valence-electron chi connectivity index (χ1n) is 6.64. The maximum Gasteiger partial charge on any atom is 0.0665 e.